The molecule has 1 N–H and O–H groups in total. The van der Waals surface area contributed by atoms with Gasteiger partial charge < -0.3 is 9.72 Å². The summed E-state index contributed by atoms with van der Waals surface area (Å²) in [6.45, 7) is 0.344. The molecule has 1 aromatic carbocycles. The Hall–Kier alpha value is -2.89. The number of hydrogen-bond acceptors (Lipinski definition) is 4. The summed E-state index contributed by atoms with van der Waals surface area (Å²) in [6.07, 6.45) is 5.09. The molecule has 0 aliphatic carbocycles. The quantitative estimate of drug-likeness (QED) is 0.578. The molecule has 0 aliphatic rings. The van der Waals surface area contributed by atoms with E-state index in [1.807, 2.05) is 18.3 Å². The zero-order chi connectivity index (χ0) is 16.2. The number of ether oxygens (including phenoxy) is 1. The van der Waals surface area contributed by atoms with Crippen LogP contribution in [-0.2, 0) is 18.2 Å². The number of carbonyl (C=O) groups is 1. The number of carbonyl (C=O) groups excluding carboxylic acids is 1. The predicted molar refractivity (Wildman–Crippen MR) is 86.4 cm³/mol. The van der Waals surface area contributed by atoms with Crippen molar-refractivity contribution in [2.45, 2.75) is 12.8 Å². The Balaban J connectivity index is 1.59. The van der Waals surface area contributed by atoms with E-state index in [1.165, 1.54) is 4.57 Å². The molecule has 0 bridgehead atoms. The van der Waals surface area contributed by atoms with Gasteiger partial charge in [0.25, 0.3) is 0 Å². The SMILES string of the molecule is Cn1c(=O)[nH]c2cc(C(=O)OCCCc3cccnc3)ccc21. The van der Waals surface area contributed by atoms with Gasteiger partial charge in [0, 0.05) is 19.4 Å². The molecule has 3 rings (SSSR count). The summed E-state index contributed by atoms with van der Waals surface area (Å²) in [7, 11) is 1.68. The summed E-state index contributed by atoms with van der Waals surface area (Å²) in [6, 6.07) is 8.92. The highest BCUT2D eigenvalue weighted by Gasteiger charge is 2.10. The first-order chi connectivity index (χ1) is 11.1. The van der Waals surface area contributed by atoms with E-state index in [4.69, 9.17) is 4.74 Å². The standard InChI is InChI=1S/C17H17N3O3/c1-20-15-7-6-13(10-14(15)19-17(20)22)16(21)23-9-3-5-12-4-2-8-18-11-12/h2,4,6-8,10-11H,3,5,9H2,1H3,(H,19,22). The second-order valence-corrected chi connectivity index (χ2v) is 5.32. The topological polar surface area (TPSA) is 77.0 Å². The van der Waals surface area contributed by atoms with Gasteiger partial charge in [0.1, 0.15) is 0 Å². The molecule has 3 aromatic rings. The van der Waals surface area contributed by atoms with Gasteiger partial charge in [0.05, 0.1) is 23.2 Å². The summed E-state index contributed by atoms with van der Waals surface area (Å²) < 4.78 is 6.78. The van der Waals surface area contributed by atoms with Crippen molar-refractivity contribution in [3.8, 4) is 0 Å². The van der Waals surface area contributed by atoms with Crippen molar-refractivity contribution in [3.63, 3.8) is 0 Å². The fourth-order valence-corrected chi connectivity index (χ4v) is 2.43. The van der Waals surface area contributed by atoms with E-state index in [0.29, 0.717) is 17.7 Å². The number of hydrogen-bond donors (Lipinski definition) is 1. The Kier molecular flexibility index (Phi) is 4.23. The molecule has 0 spiro atoms. The molecular weight excluding hydrogens is 294 g/mol. The molecule has 6 nitrogen and oxygen atoms in total. The highest BCUT2D eigenvalue weighted by Crippen LogP contribution is 2.13. The number of pyridine rings is 1. The van der Waals surface area contributed by atoms with Crippen molar-refractivity contribution in [3.05, 3.63) is 64.3 Å². The van der Waals surface area contributed by atoms with Gasteiger partial charge in [0.2, 0.25) is 0 Å². The number of H-pyrrole nitrogens is 1. The summed E-state index contributed by atoms with van der Waals surface area (Å²) in [5, 5.41) is 0. The Morgan fingerprint density at radius 2 is 2.22 bits per heavy atom. The zero-order valence-electron chi connectivity index (χ0n) is 12.8. The van der Waals surface area contributed by atoms with Crippen LogP contribution in [0.2, 0.25) is 0 Å². The van der Waals surface area contributed by atoms with Crippen molar-refractivity contribution in [2.24, 2.45) is 7.05 Å². The van der Waals surface area contributed by atoms with Crippen LogP contribution >= 0.6 is 0 Å². The lowest BCUT2D eigenvalue weighted by Crippen LogP contribution is -2.11. The number of nitrogens with zero attached hydrogens (tertiary/aromatic N) is 2. The lowest BCUT2D eigenvalue weighted by Gasteiger charge is -2.05. The minimum atomic E-state index is -0.386. The van der Waals surface area contributed by atoms with Crippen LogP contribution in [0.3, 0.4) is 0 Å². The average Bonchev–Trinajstić information content (AvgIpc) is 2.86. The van der Waals surface area contributed by atoms with Crippen molar-refractivity contribution in [2.75, 3.05) is 6.61 Å². The van der Waals surface area contributed by atoms with E-state index < -0.39 is 0 Å². The first-order valence-electron chi connectivity index (χ1n) is 7.40. The molecule has 0 fully saturated rings. The summed E-state index contributed by atoms with van der Waals surface area (Å²) in [5.41, 5.74) is 2.72. The normalized spacial score (nSPS) is 10.8. The Labute approximate surface area is 132 Å². The van der Waals surface area contributed by atoms with E-state index in [2.05, 4.69) is 9.97 Å². The van der Waals surface area contributed by atoms with E-state index in [-0.39, 0.29) is 11.7 Å². The molecule has 23 heavy (non-hydrogen) atoms. The lowest BCUT2D eigenvalue weighted by molar-refractivity contribution is 0.0501. The number of imidazole rings is 1. The molecule has 6 heteroatoms. The molecular formula is C17H17N3O3. The van der Waals surface area contributed by atoms with E-state index >= 15 is 0 Å². The molecule has 2 aromatic heterocycles. The maximum Gasteiger partial charge on any atom is 0.338 e. The highest BCUT2D eigenvalue weighted by atomic mass is 16.5. The monoisotopic (exact) mass is 311 g/mol. The van der Waals surface area contributed by atoms with E-state index in [1.54, 1.807) is 31.4 Å². The zero-order valence-corrected chi connectivity index (χ0v) is 12.8. The average molecular weight is 311 g/mol. The molecule has 0 amide bonds. The van der Waals surface area contributed by atoms with Crippen LogP contribution < -0.4 is 5.69 Å². The number of esters is 1. The maximum absolute atomic E-state index is 12.1. The van der Waals surface area contributed by atoms with Crippen LogP contribution in [0.15, 0.2) is 47.5 Å². The van der Waals surface area contributed by atoms with Gasteiger partial charge in [-0.2, -0.15) is 0 Å². The van der Waals surface area contributed by atoms with Gasteiger partial charge in [-0.1, -0.05) is 6.07 Å². The minimum absolute atomic E-state index is 0.206. The van der Waals surface area contributed by atoms with Crippen LogP contribution in [0.25, 0.3) is 11.0 Å². The molecule has 0 radical (unpaired) electrons. The third kappa shape index (κ3) is 3.31. The van der Waals surface area contributed by atoms with E-state index in [9.17, 15) is 9.59 Å². The number of benzene rings is 1. The molecule has 0 unspecified atom stereocenters. The molecule has 0 aliphatic heterocycles. The molecule has 0 atom stereocenters. The van der Waals surface area contributed by atoms with Crippen molar-refractivity contribution < 1.29 is 9.53 Å². The van der Waals surface area contributed by atoms with Gasteiger partial charge in [-0.3, -0.25) is 9.55 Å². The van der Waals surface area contributed by atoms with Gasteiger partial charge in [-0.05, 0) is 42.7 Å². The number of aromatic amines is 1. The summed E-state index contributed by atoms with van der Waals surface area (Å²) >= 11 is 0. The van der Waals surface area contributed by atoms with Crippen LogP contribution in [0.5, 0.6) is 0 Å². The number of aryl methyl sites for hydroxylation is 2. The molecule has 118 valence electrons. The third-order valence-corrected chi connectivity index (χ3v) is 3.71. The Morgan fingerprint density at radius 1 is 1.35 bits per heavy atom. The number of fused-ring (bicyclic) bond motifs is 1. The number of aromatic nitrogens is 3. The van der Waals surface area contributed by atoms with Gasteiger partial charge >= 0.3 is 11.7 Å². The van der Waals surface area contributed by atoms with Gasteiger partial charge in [0.15, 0.2) is 0 Å². The van der Waals surface area contributed by atoms with Crippen molar-refractivity contribution >= 4 is 17.0 Å². The van der Waals surface area contributed by atoms with Crippen LogP contribution in [-0.4, -0.2) is 27.1 Å². The molecule has 2 heterocycles. The maximum atomic E-state index is 12.1. The third-order valence-electron chi connectivity index (χ3n) is 3.71. The lowest BCUT2D eigenvalue weighted by atomic mass is 10.2. The minimum Gasteiger partial charge on any atom is -0.462 e. The second kappa shape index (κ2) is 6.48. The highest BCUT2D eigenvalue weighted by molar-refractivity contribution is 5.93. The largest absolute Gasteiger partial charge is 0.462 e. The predicted octanol–water partition coefficient (Wildman–Crippen LogP) is 2.05. The first kappa shape index (κ1) is 15.0. The number of nitrogens with one attached hydrogen (secondary N) is 1. The smallest absolute Gasteiger partial charge is 0.338 e. The first-order valence-corrected chi connectivity index (χ1v) is 7.40. The summed E-state index contributed by atoms with van der Waals surface area (Å²) in [4.78, 5) is 30.4. The second-order valence-electron chi connectivity index (χ2n) is 5.32. The van der Waals surface area contributed by atoms with Crippen molar-refractivity contribution in [1.82, 2.24) is 14.5 Å². The number of rotatable bonds is 5. The fraction of sp³-hybridized carbons (Fsp3) is 0.235. The summed E-state index contributed by atoms with van der Waals surface area (Å²) in [5.74, 6) is -0.386. The van der Waals surface area contributed by atoms with Gasteiger partial charge in [-0.15, -0.1) is 0 Å². The van der Waals surface area contributed by atoms with Crippen LogP contribution in [0, 0.1) is 0 Å². The molecule has 0 saturated carbocycles. The Morgan fingerprint density at radius 3 is 3.00 bits per heavy atom. The van der Waals surface area contributed by atoms with Crippen molar-refractivity contribution in [1.29, 1.82) is 0 Å². The molecule has 0 saturated heterocycles. The fourth-order valence-electron chi connectivity index (χ4n) is 2.43. The Bertz CT molecular complexity index is 881. The van der Waals surface area contributed by atoms with Crippen LogP contribution in [0.1, 0.15) is 22.3 Å². The van der Waals surface area contributed by atoms with Crippen LogP contribution in [0.4, 0.5) is 0 Å². The van der Waals surface area contributed by atoms with Gasteiger partial charge in [-0.25, -0.2) is 9.59 Å². The van der Waals surface area contributed by atoms with E-state index in [0.717, 1.165) is 23.9 Å².